The normalized spacial score (nSPS) is 22.9. The molecular formula is C18H16N2O5S2. The molecule has 0 unspecified atom stereocenters. The fourth-order valence-electron chi connectivity index (χ4n) is 2.52. The van der Waals surface area contributed by atoms with Gasteiger partial charge in [-0.05, 0) is 29.5 Å². The molecule has 2 heterocycles. The summed E-state index contributed by atoms with van der Waals surface area (Å²) in [4.78, 5) is 37.4. The molecule has 2 aliphatic heterocycles. The van der Waals surface area contributed by atoms with Gasteiger partial charge < -0.3 is 5.32 Å². The molecule has 2 aliphatic rings. The van der Waals surface area contributed by atoms with E-state index in [2.05, 4.69) is 5.32 Å². The lowest BCUT2D eigenvalue weighted by molar-refractivity contribution is -0.129. The predicted molar refractivity (Wildman–Crippen MR) is 103 cm³/mol. The minimum atomic E-state index is -3.30. The van der Waals surface area contributed by atoms with Crippen LogP contribution in [0.1, 0.15) is 5.56 Å². The van der Waals surface area contributed by atoms with Gasteiger partial charge in [0, 0.05) is 5.41 Å². The standard InChI is InChI=1S/C18H16N2O5S2/c21-16(19-14-9-10-27(24,25)12-14)11-20-17(22)15(26-18(20)23)8-4-7-13-5-2-1-3-6-13/h1-10,14H,11-12H2,(H,19,21)/b7-4+,15-8-/t14-/m0/s1. The van der Waals surface area contributed by atoms with E-state index in [9.17, 15) is 22.8 Å². The monoisotopic (exact) mass is 404 g/mol. The number of nitrogens with zero attached hydrogens (tertiary/aromatic N) is 1. The fourth-order valence-corrected chi connectivity index (χ4v) is 4.55. The number of carbonyl (C=O) groups is 3. The molecule has 1 N–H and O–H groups in total. The van der Waals surface area contributed by atoms with Crippen LogP contribution in [0.4, 0.5) is 4.79 Å². The van der Waals surface area contributed by atoms with Gasteiger partial charge in [0.05, 0.1) is 16.7 Å². The highest BCUT2D eigenvalue weighted by atomic mass is 32.2. The van der Waals surface area contributed by atoms with Crippen LogP contribution in [0.2, 0.25) is 0 Å². The molecule has 0 bridgehead atoms. The molecule has 0 spiro atoms. The third kappa shape index (κ3) is 4.95. The Morgan fingerprint density at radius 1 is 1.26 bits per heavy atom. The number of carbonyl (C=O) groups excluding carboxylic acids is 3. The zero-order valence-corrected chi connectivity index (χ0v) is 15.7. The molecule has 7 nitrogen and oxygen atoms in total. The van der Waals surface area contributed by atoms with Crippen LogP contribution >= 0.6 is 11.8 Å². The zero-order chi connectivity index (χ0) is 19.4. The number of nitrogens with one attached hydrogen (secondary N) is 1. The fraction of sp³-hybridized carbons (Fsp3) is 0.167. The molecule has 1 atom stereocenters. The number of rotatable bonds is 5. The Labute approximate surface area is 160 Å². The lowest BCUT2D eigenvalue weighted by atomic mass is 10.2. The van der Waals surface area contributed by atoms with Gasteiger partial charge >= 0.3 is 0 Å². The first-order valence-corrected chi connectivity index (χ1v) is 10.5. The maximum atomic E-state index is 12.3. The summed E-state index contributed by atoms with van der Waals surface area (Å²) >= 11 is 0.759. The van der Waals surface area contributed by atoms with Crippen molar-refractivity contribution in [3.8, 4) is 0 Å². The number of benzene rings is 1. The van der Waals surface area contributed by atoms with Crippen LogP contribution in [0.25, 0.3) is 6.08 Å². The van der Waals surface area contributed by atoms with Crippen molar-refractivity contribution in [3.63, 3.8) is 0 Å². The van der Waals surface area contributed by atoms with Gasteiger partial charge in [0.1, 0.15) is 6.54 Å². The summed E-state index contributed by atoms with van der Waals surface area (Å²) in [6, 6.07) is 8.82. The highest BCUT2D eigenvalue weighted by molar-refractivity contribution is 8.18. The Morgan fingerprint density at radius 2 is 2.00 bits per heavy atom. The molecule has 1 fully saturated rings. The van der Waals surface area contributed by atoms with Gasteiger partial charge in [0.2, 0.25) is 5.91 Å². The first kappa shape index (κ1) is 19.1. The topological polar surface area (TPSA) is 101 Å². The third-order valence-corrected chi connectivity index (χ3v) is 6.11. The number of sulfone groups is 1. The van der Waals surface area contributed by atoms with Crippen molar-refractivity contribution >= 4 is 44.7 Å². The number of hydrogen-bond acceptors (Lipinski definition) is 6. The van der Waals surface area contributed by atoms with E-state index in [0.29, 0.717) is 0 Å². The van der Waals surface area contributed by atoms with Crippen LogP contribution in [-0.4, -0.2) is 48.7 Å². The molecule has 1 saturated heterocycles. The highest BCUT2D eigenvalue weighted by Crippen LogP contribution is 2.30. The number of imide groups is 1. The summed E-state index contributed by atoms with van der Waals surface area (Å²) < 4.78 is 22.7. The van der Waals surface area contributed by atoms with Gasteiger partial charge in [-0.2, -0.15) is 0 Å². The first-order valence-electron chi connectivity index (χ1n) is 8.01. The summed E-state index contributed by atoms with van der Waals surface area (Å²) in [6.07, 6.45) is 6.37. The second kappa shape index (κ2) is 7.93. The Hall–Kier alpha value is -2.65. The van der Waals surface area contributed by atoms with Crippen molar-refractivity contribution in [1.82, 2.24) is 10.2 Å². The predicted octanol–water partition coefficient (Wildman–Crippen LogP) is 1.71. The van der Waals surface area contributed by atoms with Gasteiger partial charge in [0.25, 0.3) is 11.1 Å². The molecule has 140 valence electrons. The van der Waals surface area contributed by atoms with Crippen LogP contribution in [0.3, 0.4) is 0 Å². The SMILES string of the molecule is O=C(CN1C(=O)S/C(=C\C=C\c2ccccc2)C1=O)N[C@H]1C=CS(=O)(=O)C1. The van der Waals surface area contributed by atoms with E-state index >= 15 is 0 Å². The Kier molecular flexibility index (Phi) is 5.62. The molecule has 1 aromatic rings. The van der Waals surface area contributed by atoms with Crippen LogP contribution in [0, 0.1) is 0 Å². The molecule has 0 radical (unpaired) electrons. The molecule has 1 aromatic carbocycles. The smallest absolute Gasteiger partial charge is 0.294 e. The number of allylic oxidation sites excluding steroid dienone is 2. The van der Waals surface area contributed by atoms with Crippen LogP contribution < -0.4 is 5.32 Å². The average molecular weight is 404 g/mol. The minimum Gasteiger partial charge on any atom is -0.347 e. The lowest BCUT2D eigenvalue weighted by Crippen LogP contribution is -2.43. The Bertz CT molecular complexity index is 965. The first-order chi connectivity index (χ1) is 12.8. The summed E-state index contributed by atoms with van der Waals surface area (Å²) in [7, 11) is -3.30. The number of amides is 3. The van der Waals surface area contributed by atoms with Gasteiger partial charge in [-0.1, -0.05) is 42.5 Å². The molecule has 3 amide bonds. The van der Waals surface area contributed by atoms with E-state index in [0.717, 1.165) is 27.6 Å². The summed E-state index contributed by atoms with van der Waals surface area (Å²) in [5, 5.41) is 2.99. The second-order valence-electron chi connectivity index (χ2n) is 5.89. The van der Waals surface area contributed by atoms with Crippen LogP contribution in [0.5, 0.6) is 0 Å². The third-order valence-electron chi connectivity index (χ3n) is 3.79. The van der Waals surface area contributed by atoms with E-state index in [4.69, 9.17) is 0 Å². The molecular weight excluding hydrogens is 388 g/mol. The van der Waals surface area contributed by atoms with E-state index in [-0.39, 0.29) is 10.7 Å². The number of thioether (sulfide) groups is 1. The van der Waals surface area contributed by atoms with Crippen molar-refractivity contribution in [2.24, 2.45) is 0 Å². The van der Waals surface area contributed by atoms with Gasteiger partial charge in [-0.15, -0.1) is 0 Å². The van der Waals surface area contributed by atoms with Gasteiger partial charge in [-0.3, -0.25) is 19.3 Å². The van der Waals surface area contributed by atoms with E-state index in [1.54, 1.807) is 12.2 Å². The molecule has 3 rings (SSSR count). The molecule has 0 aromatic heterocycles. The summed E-state index contributed by atoms with van der Waals surface area (Å²) in [5.74, 6) is -1.36. The van der Waals surface area contributed by atoms with Crippen molar-refractivity contribution in [3.05, 3.63) is 64.4 Å². The van der Waals surface area contributed by atoms with E-state index in [1.165, 1.54) is 12.2 Å². The summed E-state index contributed by atoms with van der Waals surface area (Å²) in [5.41, 5.74) is 0.951. The minimum absolute atomic E-state index is 0.217. The molecule has 9 heteroatoms. The molecule has 0 aliphatic carbocycles. The van der Waals surface area contributed by atoms with Crippen molar-refractivity contribution in [2.45, 2.75) is 6.04 Å². The zero-order valence-electron chi connectivity index (χ0n) is 14.1. The van der Waals surface area contributed by atoms with E-state index in [1.807, 2.05) is 30.3 Å². The Balaban J connectivity index is 1.59. The Morgan fingerprint density at radius 3 is 2.67 bits per heavy atom. The summed E-state index contributed by atoms with van der Waals surface area (Å²) in [6.45, 7) is -0.450. The number of hydrogen-bond donors (Lipinski definition) is 1. The quantitative estimate of drug-likeness (QED) is 0.750. The molecule has 0 saturated carbocycles. The highest BCUT2D eigenvalue weighted by Gasteiger charge is 2.36. The molecule has 27 heavy (non-hydrogen) atoms. The van der Waals surface area contributed by atoms with Gasteiger partial charge in [0.15, 0.2) is 9.84 Å². The van der Waals surface area contributed by atoms with Crippen LogP contribution in [0.15, 0.2) is 58.9 Å². The second-order valence-corrected chi connectivity index (χ2v) is 8.82. The lowest BCUT2D eigenvalue weighted by Gasteiger charge is -2.14. The average Bonchev–Trinajstić information content (AvgIpc) is 3.09. The van der Waals surface area contributed by atoms with Crippen molar-refractivity contribution in [2.75, 3.05) is 12.3 Å². The maximum absolute atomic E-state index is 12.3. The maximum Gasteiger partial charge on any atom is 0.294 e. The largest absolute Gasteiger partial charge is 0.347 e. The van der Waals surface area contributed by atoms with Crippen LogP contribution in [-0.2, 0) is 19.4 Å². The van der Waals surface area contributed by atoms with Crippen molar-refractivity contribution < 1.29 is 22.8 Å². The van der Waals surface area contributed by atoms with Gasteiger partial charge in [-0.25, -0.2) is 8.42 Å². The van der Waals surface area contributed by atoms with E-state index < -0.39 is 39.5 Å². The van der Waals surface area contributed by atoms with Crippen molar-refractivity contribution in [1.29, 1.82) is 0 Å².